The standard InChI is InChI=1S/C16H21N5O2S/c1-4-20(5-2)16(23)14-9-24-10-21(14)15(22)11-6-7-13-12(8-11)17-18-19(13)3/h6-8,14H,4-5,9-10H2,1-3H3/t14-/m1/s1. The van der Waals surface area contributed by atoms with Gasteiger partial charge in [0.05, 0.1) is 11.4 Å². The molecule has 128 valence electrons. The van der Waals surface area contributed by atoms with Crippen molar-refractivity contribution in [1.82, 2.24) is 24.8 Å². The maximum absolute atomic E-state index is 12.9. The van der Waals surface area contributed by atoms with Crippen LogP contribution < -0.4 is 0 Å². The molecule has 1 saturated heterocycles. The lowest BCUT2D eigenvalue weighted by Gasteiger charge is -2.28. The first-order valence-electron chi connectivity index (χ1n) is 8.03. The van der Waals surface area contributed by atoms with E-state index in [1.165, 1.54) is 0 Å². The van der Waals surface area contributed by atoms with E-state index in [4.69, 9.17) is 0 Å². The van der Waals surface area contributed by atoms with E-state index in [2.05, 4.69) is 10.3 Å². The maximum Gasteiger partial charge on any atom is 0.255 e. The van der Waals surface area contributed by atoms with Gasteiger partial charge in [0.25, 0.3) is 5.91 Å². The number of aromatic nitrogens is 3. The van der Waals surface area contributed by atoms with Gasteiger partial charge in [0.2, 0.25) is 5.91 Å². The second kappa shape index (κ2) is 6.80. The van der Waals surface area contributed by atoms with Gasteiger partial charge in [-0.25, -0.2) is 4.68 Å². The SMILES string of the molecule is CCN(CC)C(=O)[C@H]1CSCN1C(=O)c1ccc2c(c1)nnn2C. The molecule has 0 spiro atoms. The summed E-state index contributed by atoms with van der Waals surface area (Å²) in [5.41, 5.74) is 2.10. The van der Waals surface area contributed by atoms with Crippen molar-refractivity contribution < 1.29 is 9.59 Å². The van der Waals surface area contributed by atoms with E-state index in [1.54, 1.807) is 38.4 Å². The van der Waals surface area contributed by atoms with Gasteiger partial charge in [0.15, 0.2) is 0 Å². The van der Waals surface area contributed by atoms with E-state index >= 15 is 0 Å². The van der Waals surface area contributed by atoms with Crippen LogP contribution in [0.1, 0.15) is 24.2 Å². The van der Waals surface area contributed by atoms with Gasteiger partial charge >= 0.3 is 0 Å². The van der Waals surface area contributed by atoms with E-state index in [9.17, 15) is 9.59 Å². The second-order valence-corrected chi connectivity index (χ2v) is 6.72. The van der Waals surface area contributed by atoms with Gasteiger partial charge in [0.1, 0.15) is 11.6 Å². The van der Waals surface area contributed by atoms with Crippen molar-refractivity contribution in [2.24, 2.45) is 7.05 Å². The lowest BCUT2D eigenvalue weighted by molar-refractivity contribution is -0.134. The average molecular weight is 347 g/mol. The quantitative estimate of drug-likeness (QED) is 0.835. The van der Waals surface area contributed by atoms with Crippen LogP contribution in [0, 0.1) is 0 Å². The van der Waals surface area contributed by atoms with E-state index in [0.29, 0.717) is 35.8 Å². The summed E-state index contributed by atoms with van der Waals surface area (Å²) in [7, 11) is 1.81. The van der Waals surface area contributed by atoms with Crippen LogP contribution in [0.25, 0.3) is 11.0 Å². The Labute approximate surface area is 145 Å². The van der Waals surface area contributed by atoms with Gasteiger partial charge in [-0.2, -0.15) is 0 Å². The van der Waals surface area contributed by atoms with Gasteiger partial charge in [-0.15, -0.1) is 16.9 Å². The average Bonchev–Trinajstić information content (AvgIpc) is 3.22. The summed E-state index contributed by atoms with van der Waals surface area (Å²) >= 11 is 1.61. The molecule has 2 heterocycles. The fraction of sp³-hybridized carbons (Fsp3) is 0.500. The zero-order chi connectivity index (χ0) is 17.3. The topological polar surface area (TPSA) is 71.3 Å². The number of amides is 2. The van der Waals surface area contributed by atoms with Crippen molar-refractivity contribution in [2.45, 2.75) is 19.9 Å². The van der Waals surface area contributed by atoms with Crippen molar-refractivity contribution in [3.05, 3.63) is 23.8 Å². The first-order valence-corrected chi connectivity index (χ1v) is 9.19. The van der Waals surface area contributed by atoms with Gasteiger partial charge in [-0.05, 0) is 32.0 Å². The summed E-state index contributed by atoms with van der Waals surface area (Å²) < 4.78 is 1.67. The predicted octanol–water partition coefficient (Wildman–Crippen LogP) is 1.35. The molecule has 2 amide bonds. The van der Waals surface area contributed by atoms with Gasteiger partial charge in [0, 0.05) is 31.5 Å². The molecule has 24 heavy (non-hydrogen) atoms. The molecule has 1 aromatic carbocycles. The predicted molar refractivity (Wildman–Crippen MR) is 93.7 cm³/mol. The molecule has 0 saturated carbocycles. The van der Waals surface area contributed by atoms with E-state index in [-0.39, 0.29) is 17.9 Å². The van der Waals surface area contributed by atoms with Crippen LogP contribution in [0.4, 0.5) is 0 Å². The smallest absolute Gasteiger partial charge is 0.255 e. The van der Waals surface area contributed by atoms with Crippen LogP contribution in [-0.2, 0) is 11.8 Å². The van der Waals surface area contributed by atoms with Crippen molar-refractivity contribution >= 4 is 34.6 Å². The fourth-order valence-electron chi connectivity index (χ4n) is 2.93. The van der Waals surface area contributed by atoms with Crippen LogP contribution >= 0.6 is 11.8 Å². The normalized spacial score (nSPS) is 17.5. The third-order valence-corrected chi connectivity index (χ3v) is 5.37. The molecule has 1 aliphatic rings. The number of thioether (sulfide) groups is 1. The summed E-state index contributed by atoms with van der Waals surface area (Å²) in [6.45, 7) is 5.23. The molecule has 3 rings (SSSR count). The summed E-state index contributed by atoms with van der Waals surface area (Å²) in [4.78, 5) is 29.0. The number of benzene rings is 1. The minimum atomic E-state index is -0.389. The number of fused-ring (bicyclic) bond motifs is 1. The third kappa shape index (κ3) is 2.86. The number of aryl methyl sites for hydroxylation is 1. The van der Waals surface area contributed by atoms with E-state index < -0.39 is 0 Å². The zero-order valence-electron chi connectivity index (χ0n) is 14.1. The number of carbonyl (C=O) groups excluding carboxylic acids is 2. The molecule has 7 nitrogen and oxygen atoms in total. The minimum absolute atomic E-state index is 0.0268. The summed E-state index contributed by atoms with van der Waals surface area (Å²) in [6.07, 6.45) is 0. The Morgan fingerprint density at radius 3 is 2.79 bits per heavy atom. The largest absolute Gasteiger partial charge is 0.341 e. The Hall–Kier alpha value is -2.09. The highest BCUT2D eigenvalue weighted by Crippen LogP contribution is 2.25. The molecule has 0 aliphatic carbocycles. The Morgan fingerprint density at radius 2 is 2.08 bits per heavy atom. The molecule has 1 fully saturated rings. The summed E-state index contributed by atoms with van der Waals surface area (Å²) in [5, 5.41) is 8.02. The van der Waals surface area contributed by atoms with Crippen LogP contribution in [-0.4, -0.2) is 67.4 Å². The molecular formula is C16H21N5O2S. The monoisotopic (exact) mass is 347 g/mol. The molecule has 0 radical (unpaired) electrons. The molecule has 0 bridgehead atoms. The first-order chi connectivity index (χ1) is 11.6. The van der Waals surface area contributed by atoms with Crippen molar-refractivity contribution in [3.63, 3.8) is 0 Å². The Bertz CT molecular complexity index is 771. The van der Waals surface area contributed by atoms with Crippen LogP contribution in [0.2, 0.25) is 0 Å². The molecule has 0 unspecified atom stereocenters. The van der Waals surface area contributed by atoms with Crippen molar-refractivity contribution in [3.8, 4) is 0 Å². The lowest BCUT2D eigenvalue weighted by Crippen LogP contribution is -2.48. The first kappa shape index (κ1) is 16.8. The number of rotatable bonds is 4. The van der Waals surface area contributed by atoms with Crippen molar-refractivity contribution in [2.75, 3.05) is 24.7 Å². The fourth-order valence-corrected chi connectivity index (χ4v) is 4.08. The van der Waals surface area contributed by atoms with Crippen molar-refractivity contribution in [1.29, 1.82) is 0 Å². The number of nitrogens with zero attached hydrogens (tertiary/aromatic N) is 5. The number of likely N-dealkylation sites (N-methyl/N-ethyl adjacent to an activating group) is 1. The Morgan fingerprint density at radius 1 is 1.33 bits per heavy atom. The van der Waals surface area contributed by atoms with Crippen LogP contribution in [0.3, 0.4) is 0 Å². The molecule has 2 aromatic rings. The van der Waals surface area contributed by atoms with Crippen LogP contribution in [0.15, 0.2) is 18.2 Å². The molecular weight excluding hydrogens is 326 g/mol. The van der Waals surface area contributed by atoms with E-state index in [1.807, 2.05) is 27.0 Å². The highest BCUT2D eigenvalue weighted by Gasteiger charge is 2.36. The molecule has 0 N–H and O–H groups in total. The van der Waals surface area contributed by atoms with Gasteiger partial charge < -0.3 is 9.80 Å². The van der Waals surface area contributed by atoms with Gasteiger partial charge in [-0.1, -0.05) is 5.21 Å². The Balaban J connectivity index is 1.85. The lowest BCUT2D eigenvalue weighted by atomic mass is 10.1. The van der Waals surface area contributed by atoms with Gasteiger partial charge in [-0.3, -0.25) is 9.59 Å². The molecule has 8 heteroatoms. The third-order valence-electron chi connectivity index (χ3n) is 4.36. The summed E-state index contributed by atoms with van der Waals surface area (Å²) in [6, 6.07) is 4.97. The molecule has 1 aromatic heterocycles. The highest BCUT2D eigenvalue weighted by molar-refractivity contribution is 7.99. The van der Waals surface area contributed by atoms with Crippen LogP contribution in [0.5, 0.6) is 0 Å². The van der Waals surface area contributed by atoms with E-state index in [0.717, 1.165) is 5.52 Å². The molecule has 1 atom stereocenters. The zero-order valence-corrected chi connectivity index (χ0v) is 14.9. The molecule has 1 aliphatic heterocycles. The summed E-state index contributed by atoms with van der Waals surface area (Å²) in [5.74, 6) is 1.08. The maximum atomic E-state index is 12.9. The second-order valence-electron chi connectivity index (χ2n) is 5.72. The number of carbonyl (C=O) groups is 2. The number of hydrogen-bond acceptors (Lipinski definition) is 5. The number of hydrogen-bond donors (Lipinski definition) is 0. The minimum Gasteiger partial charge on any atom is -0.341 e. The highest BCUT2D eigenvalue weighted by atomic mass is 32.2. The Kier molecular flexibility index (Phi) is 4.75.